The van der Waals surface area contributed by atoms with Gasteiger partial charge in [-0.25, -0.2) is 0 Å². The van der Waals surface area contributed by atoms with Crippen LogP contribution in [-0.4, -0.2) is 44.4 Å². The second-order valence-electron chi connectivity index (χ2n) is 4.78. The van der Waals surface area contributed by atoms with Crippen molar-refractivity contribution in [2.75, 3.05) is 33.4 Å². The van der Waals surface area contributed by atoms with Gasteiger partial charge in [-0.05, 0) is 13.0 Å². The van der Waals surface area contributed by atoms with Gasteiger partial charge in [0.1, 0.15) is 5.75 Å². The van der Waals surface area contributed by atoms with Gasteiger partial charge in [-0.15, -0.1) is 0 Å². The van der Waals surface area contributed by atoms with Crippen molar-refractivity contribution in [1.82, 2.24) is 4.90 Å². The summed E-state index contributed by atoms with van der Waals surface area (Å²) in [7, 11) is 1.72. The molecule has 100 valence electrons. The van der Waals surface area contributed by atoms with Crippen LogP contribution < -0.4 is 10.5 Å². The van der Waals surface area contributed by atoms with Crippen molar-refractivity contribution in [3.05, 3.63) is 29.3 Å². The number of nitrogens with two attached hydrogens (primary N) is 1. The van der Waals surface area contributed by atoms with Gasteiger partial charge in [0.15, 0.2) is 0 Å². The van der Waals surface area contributed by atoms with Crippen LogP contribution in [0.5, 0.6) is 5.75 Å². The van der Waals surface area contributed by atoms with E-state index in [1.807, 2.05) is 6.07 Å². The van der Waals surface area contributed by atoms with Crippen LogP contribution in [0.25, 0.3) is 0 Å². The van der Waals surface area contributed by atoms with Gasteiger partial charge in [-0.3, -0.25) is 4.90 Å². The minimum Gasteiger partial charge on any atom is -0.496 e. The molecule has 1 saturated heterocycles. The Kier molecular flexibility index (Phi) is 4.58. The maximum absolute atomic E-state index is 5.66. The molecule has 0 amide bonds. The van der Waals surface area contributed by atoms with Crippen LogP contribution >= 0.6 is 0 Å². The summed E-state index contributed by atoms with van der Waals surface area (Å²) in [5, 5.41) is 0. The van der Waals surface area contributed by atoms with Gasteiger partial charge in [0.05, 0.1) is 19.8 Å². The molecule has 1 aliphatic rings. The zero-order valence-corrected chi connectivity index (χ0v) is 11.2. The Bertz CT molecular complexity index is 395. The minimum absolute atomic E-state index is 0.162. The monoisotopic (exact) mass is 250 g/mol. The highest BCUT2D eigenvalue weighted by Gasteiger charge is 2.20. The van der Waals surface area contributed by atoms with Crippen LogP contribution in [0.4, 0.5) is 0 Å². The maximum atomic E-state index is 5.66. The summed E-state index contributed by atoms with van der Waals surface area (Å²) in [5.41, 5.74) is 8.15. The number of methoxy groups -OCH3 is 1. The Morgan fingerprint density at radius 2 is 2.33 bits per heavy atom. The Balaban J connectivity index is 2.06. The SMILES string of the molecule is COc1ccc(C)cc1CN1CCOC(CN)C1. The topological polar surface area (TPSA) is 47.7 Å². The number of rotatable bonds is 4. The average molecular weight is 250 g/mol. The molecule has 4 heteroatoms. The van der Waals surface area contributed by atoms with Crippen molar-refractivity contribution in [2.45, 2.75) is 19.6 Å². The lowest BCUT2D eigenvalue weighted by molar-refractivity contribution is -0.0262. The van der Waals surface area contributed by atoms with E-state index in [1.165, 1.54) is 11.1 Å². The summed E-state index contributed by atoms with van der Waals surface area (Å²) < 4.78 is 11.0. The molecule has 0 radical (unpaired) electrons. The van der Waals surface area contributed by atoms with Crippen molar-refractivity contribution in [3.8, 4) is 5.75 Å². The molecule has 1 aromatic rings. The zero-order chi connectivity index (χ0) is 13.0. The van der Waals surface area contributed by atoms with E-state index in [4.69, 9.17) is 15.2 Å². The fraction of sp³-hybridized carbons (Fsp3) is 0.571. The molecule has 1 heterocycles. The van der Waals surface area contributed by atoms with Crippen LogP contribution in [0.2, 0.25) is 0 Å². The van der Waals surface area contributed by atoms with Crippen LogP contribution in [0.1, 0.15) is 11.1 Å². The number of hydrogen-bond donors (Lipinski definition) is 1. The van der Waals surface area contributed by atoms with Crippen LogP contribution in [-0.2, 0) is 11.3 Å². The number of hydrogen-bond acceptors (Lipinski definition) is 4. The highest BCUT2D eigenvalue weighted by molar-refractivity contribution is 5.36. The molecule has 0 saturated carbocycles. The molecule has 2 rings (SSSR count). The molecule has 0 aromatic heterocycles. The van der Waals surface area contributed by atoms with Crippen molar-refractivity contribution >= 4 is 0 Å². The Hall–Kier alpha value is -1.10. The standard InChI is InChI=1S/C14H22N2O2/c1-11-3-4-14(17-2)12(7-11)9-16-5-6-18-13(8-15)10-16/h3-4,7,13H,5-6,8-10,15H2,1-2H3. The average Bonchev–Trinajstić information content (AvgIpc) is 2.39. The summed E-state index contributed by atoms with van der Waals surface area (Å²) in [6.07, 6.45) is 0.162. The van der Waals surface area contributed by atoms with Crippen molar-refractivity contribution in [1.29, 1.82) is 0 Å². The normalized spacial score (nSPS) is 20.9. The van der Waals surface area contributed by atoms with E-state index in [9.17, 15) is 0 Å². The lowest BCUT2D eigenvalue weighted by atomic mass is 10.1. The Labute approximate surface area is 109 Å². The first kappa shape index (κ1) is 13.3. The number of morpholine rings is 1. The van der Waals surface area contributed by atoms with E-state index in [2.05, 4.69) is 24.0 Å². The smallest absolute Gasteiger partial charge is 0.123 e. The molecular formula is C14H22N2O2. The Morgan fingerprint density at radius 3 is 3.06 bits per heavy atom. The van der Waals surface area contributed by atoms with Gasteiger partial charge in [0, 0.05) is 31.7 Å². The fourth-order valence-corrected chi connectivity index (χ4v) is 2.34. The second kappa shape index (κ2) is 6.18. The molecule has 0 spiro atoms. The lowest BCUT2D eigenvalue weighted by Crippen LogP contribution is -2.45. The second-order valence-corrected chi connectivity index (χ2v) is 4.78. The van der Waals surface area contributed by atoms with Crippen molar-refractivity contribution < 1.29 is 9.47 Å². The third-order valence-electron chi connectivity index (χ3n) is 3.32. The first-order valence-electron chi connectivity index (χ1n) is 6.40. The largest absolute Gasteiger partial charge is 0.496 e. The van der Waals surface area contributed by atoms with Crippen molar-refractivity contribution in [3.63, 3.8) is 0 Å². The summed E-state index contributed by atoms with van der Waals surface area (Å²) in [6.45, 7) is 6.19. The maximum Gasteiger partial charge on any atom is 0.123 e. The van der Waals surface area contributed by atoms with E-state index < -0.39 is 0 Å². The van der Waals surface area contributed by atoms with Gasteiger partial charge in [-0.1, -0.05) is 17.7 Å². The molecule has 1 unspecified atom stereocenters. The van der Waals surface area contributed by atoms with Crippen LogP contribution in [0.3, 0.4) is 0 Å². The zero-order valence-electron chi connectivity index (χ0n) is 11.2. The molecule has 2 N–H and O–H groups in total. The summed E-state index contributed by atoms with van der Waals surface area (Å²) in [5.74, 6) is 0.955. The number of nitrogens with zero attached hydrogens (tertiary/aromatic N) is 1. The molecule has 0 bridgehead atoms. The molecule has 1 aliphatic heterocycles. The van der Waals surface area contributed by atoms with Crippen molar-refractivity contribution in [2.24, 2.45) is 5.73 Å². The van der Waals surface area contributed by atoms with E-state index in [0.717, 1.165) is 32.0 Å². The van der Waals surface area contributed by atoms with Gasteiger partial charge in [0.2, 0.25) is 0 Å². The summed E-state index contributed by atoms with van der Waals surface area (Å²) in [4.78, 5) is 2.37. The third-order valence-corrected chi connectivity index (χ3v) is 3.32. The molecule has 1 fully saturated rings. The molecular weight excluding hydrogens is 228 g/mol. The predicted octanol–water partition coefficient (Wildman–Crippen LogP) is 1.16. The van der Waals surface area contributed by atoms with Gasteiger partial charge in [-0.2, -0.15) is 0 Å². The van der Waals surface area contributed by atoms with E-state index in [0.29, 0.717) is 6.54 Å². The van der Waals surface area contributed by atoms with Gasteiger partial charge in [0.25, 0.3) is 0 Å². The molecule has 0 aliphatic carbocycles. The quantitative estimate of drug-likeness (QED) is 0.871. The minimum atomic E-state index is 0.162. The van der Waals surface area contributed by atoms with Gasteiger partial charge < -0.3 is 15.2 Å². The van der Waals surface area contributed by atoms with E-state index in [-0.39, 0.29) is 6.10 Å². The highest BCUT2D eigenvalue weighted by atomic mass is 16.5. The molecule has 1 aromatic carbocycles. The van der Waals surface area contributed by atoms with E-state index in [1.54, 1.807) is 7.11 Å². The lowest BCUT2D eigenvalue weighted by Gasteiger charge is -2.32. The summed E-state index contributed by atoms with van der Waals surface area (Å²) >= 11 is 0. The first-order valence-corrected chi connectivity index (χ1v) is 6.40. The number of aryl methyl sites for hydroxylation is 1. The predicted molar refractivity (Wildman–Crippen MR) is 71.8 cm³/mol. The number of ether oxygens (including phenoxy) is 2. The van der Waals surface area contributed by atoms with Crippen LogP contribution in [0.15, 0.2) is 18.2 Å². The fourth-order valence-electron chi connectivity index (χ4n) is 2.34. The molecule has 1 atom stereocenters. The summed E-state index contributed by atoms with van der Waals surface area (Å²) in [6, 6.07) is 6.29. The van der Waals surface area contributed by atoms with Gasteiger partial charge >= 0.3 is 0 Å². The first-order chi connectivity index (χ1) is 8.72. The van der Waals surface area contributed by atoms with Crippen LogP contribution in [0, 0.1) is 6.92 Å². The molecule has 18 heavy (non-hydrogen) atoms. The Morgan fingerprint density at radius 1 is 1.50 bits per heavy atom. The molecule has 4 nitrogen and oxygen atoms in total. The third kappa shape index (κ3) is 3.22. The number of benzene rings is 1. The highest BCUT2D eigenvalue weighted by Crippen LogP contribution is 2.22. The van der Waals surface area contributed by atoms with E-state index >= 15 is 0 Å².